The minimum atomic E-state index is -0.257. The number of carbonyl (C=O) groups excluding carboxylic acids is 1. The van der Waals surface area contributed by atoms with E-state index in [0.717, 1.165) is 24.3 Å². The molecule has 6 heteroatoms. The minimum Gasteiger partial charge on any atom is -0.356 e. The predicted molar refractivity (Wildman–Crippen MR) is 104 cm³/mol. The summed E-state index contributed by atoms with van der Waals surface area (Å²) in [6.45, 7) is 8.31. The SMILES string of the molecule is Cc1nc2c(c(N3c4ccccc4CC3C)n1)NC(=O)C(CC(C)C)N2. The van der Waals surface area contributed by atoms with Crippen molar-refractivity contribution in [3.63, 3.8) is 0 Å². The Kier molecular flexibility index (Phi) is 4.05. The Morgan fingerprint density at radius 3 is 2.81 bits per heavy atom. The molecule has 6 nitrogen and oxygen atoms in total. The lowest BCUT2D eigenvalue weighted by molar-refractivity contribution is -0.117. The second-order valence-electron chi connectivity index (χ2n) is 7.69. The summed E-state index contributed by atoms with van der Waals surface area (Å²) in [7, 11) is 0. The molecule has 26 heavy (non-hydrogen) atoms. The van der Waals surface area contributed by atoms with Gasteiger partial charge in [-0.1, -0.05) is 32.0 Å². The fourth-order valence-electron chi connectivity index (χ4n) is 3.92. The van der Waals surface area contributed by atoms with Crippen molar-refractivity contribution >= 4 is 28.9 Å². The summed E-state index contributed by atoms with van der Waals surface area (Å²) in [5, 5.41) is 6.40. The Hall–Kier alpha value is -2.63. The standard InChI is InChI=1S/C20H25N5O/c1-11(2)9-15-20(26)24-17-18(23-15)21-13(4)22-19(17)25-12(3)10-14-7-5-6-8-16(14)25/h5-8,11-12,15H,9-10H2,1-4H3,(H,24,26)(H,21,22,23). The molecule has 1 aromatic carbocycles. The summed E-state index contributed by atoms with van der Waals surface area (Å²) in [6, 6.07) is 8.39. The first-order valence-corrected chi connectivity index (χ1v) is 9.27. The second kappa shape index (κ2) is 6.27. The molecule has 1 amide bonds. The van der Waals surface area contributed by atoms with E-state index < -0.39 is 0 Å². The van der Waals surface area contributed by atoms with E-state index in [1.54, 1.807) is 0 Å². The van der Waals surface area contributed by atoms with Crippen molar-refractivity contribution in [1.82, 2.24) is 9.97 Å². The molecular formula is C20H25N5O. The van der Waals surface area contributed by atoms with Crippen LogP contribution in [0.3, 0.4) is 0 Å². The van der Waals surface area contributed by atoms with E-state index in [1.807, 2.05) is 13.0 Å². The average Bonchev–Trinajstić information content (AvgIpc) is 2.90. The van der Waals surface area contributed by atoms with Crippen LogP contribution in [0.4, 0.5) is 23.0 Å². The molecule has 0 aliphatic carbocycles. The van der Waals surface area contributed by atoms with Gasteiger partial charge in [-0.3, -0.25) is 4.79 Å². The first kappa shape index (κ1) is 16.8. The summed E-state index contributed by atoms with van der Waals surface area (Å²) < 4.78 is 0. The van der Waals surface area contributed by atoms with Crippen molar-refractivity contribution in [3.05, 3.63) is 35.7 Å². The van der Waals surface area contributed by atoms with Crippen LogP contribution in [0.25, 0.3) is 0 Å². The largest absolute Gasteiger partial charge is 0.356 e. The maximum absolute atomic E-state index is 12.6. The smallest absolute Gasteiger partial charge is 0.247 e. The van der Waals surface area contributed by atoms with Crippen molar-refractivity contribution in [1.29, 1.82) is 0 Å². The van der Waals surface area contributed by atoms with Gasteiger partial charge in [0.1, 0.15) is 17.6 Å². The van der Waals surface area contributed by atoms with Gasteiger partial charge in [0, 0.05) is 11.7 Å². The number of nitrogens with zero attached hydrogens (tertiary/aromatic N) is 3. The average molecular weight is 351 g/mol. The molecule has 1 aromatic heterocycles. The summed E-state index contributed by atoms with van der Waals surface area (Å²) in [4.78, 5) is 24.1. The highest BCUT2D eigenvalue weighted by Crippen LogP contribution is 2.43. The van der Waals surface area contributed by atoms with Crippen LogP contribution in [-0.2, 0) is 11.2 Å². The third-order valence-electron chi connectivity index (χ3n) is 5.02. The van der Waals surface area contributed by atoms with Crippen LogP contribution in [-0.4, -0.2) is 28.0 Å². The molecule has 2 N–H and O–H groups in total. The van der Waals surface area contributed by atoms with Gasteiger partial charge in [0.2, 0.25) is 5.91 Å². The van der Waals surface area contributed by atoms with Gasteiger partial charge >= 0.3 is 0 Å². The van der Waals surface area contributed by atoms with E-state index in [0.29, 0.717) is 23.2 Å². The number of carbonyl (C=O) groups is 1. The number of fused-ring (bicyclic) bond motifs is 2. The van der Waals surface area contributed by atoms with Gasteiger partial charge < -0.3 is 15.5 Å². The third-order valence-corrected chi connectivity index (χ3v) is 5.02. The summed E-state index contributed by atoms with van der Waals surface area (Å²) in [5.74, 6) is 2.60. The molecule has 0 fully saturated rings. The van der Waals surface area contributed by atoms with E-state index in [-0.39, 0.29) is 18.0 Å². The monoisotopic (exact) mass is 351 g/mol. The highest BCUT2D eigenvalue weighted by Gasteiger charge is 2.35. The van der Waals surface area contributed by atoms with Gasteiger partial charge in [-0.05, 0) is 44.2 Å². The quantitative estimate of drug-likeness (QED) is 0.883. The van der Waals surface area contributed by atoms with E-state index in [9.17, 15) is 4.79 Å². The summed E-state index contributed by atoms with van der Waals surface area (Å²) >= 11 is 0. The number of aryl methyl sites for hydroxylation is 1. The van der Waals surface area contributed by atoms with Gasteiger partial charge in [-0.2, -0.15) is 0 Å². The molecule has 0 saturated carbocycles. The fourth-order valence-corrected chi connectivity index (χ4v) is 3.92. The van der Waals surface area contributed by atoms with Gasteiger partial charge in [0.25, 0.3) is 0 Å². The van der Waals surface area contributed by atoms with Gasteiger partial charge in [-0.15, -0.1) is 0 Å². The Morgan fingerprint density at radius 2 is 2.04 bits per heavy atom. The molecule has 0 spiro atoms. The van der Waals surface area contributed by atoms with E-state index in [1.165, 1.54) is 5.56 Å². The maximum Gasteiger partial charge on any atom is 0.247 e. The van der Waals surface area contributed by atoms with E-state index >= 15 is 0 Å². The fraction of sp³-hybridized carbons (Fsp3) is 0.450. The molecule has 0 saturated heterocycles. The first-order chi connectivity index (χ1) is 12.4. The number of hydrogen-bond acceptors (Lipinski definition) is 5. The molecule has 3 heterocycles. The summed E-state index contributed by atoms with van der Waals surface area (Å²) in [6.07, 6.45) is 1.73. The lowest BCUT2D eigenvalue weighted by atomic mass is 10.0. The van der Waals surface area contributed by atoms with Crippen molar-refractivity contribution in [2.75, 3.05) is 15.5 Å². The van der Waals surface area contributed by atoms with Gasteiger partial charge in [0.15, 0.2) is 11.6 Å². The minimum absolute atomic E-state index is 0.0139. The molecule has 2 aliphatic heterocycles. The zero-order valence-electron chi connectivity index (χ0n) is 15.7. The number of hydrogen-bond donors (Lipinski definition) is 2. The number of nitrogens with one attached hydrogen (secondary N) is 2. The predicted octanol–water partition coefficient (Wildman–Crippen LogP) is 3.65. The van der Waals surface area contributed by atoms with Gasteiger partial charge in [0.05, 0.1) is 0 Å². The zero-order valence-corrected chi connectivity index (χ0v) is 15.7. The Balaban J connectivity index is 1.78. The molecular weight excluding hydrogens is 326 g/mol. The molecule has 0 bridgehead atoms. The number of para-hydroxylation sites is 1. The molecule has 136 valence electrons. The lowest BCUT2D eigenvalue weighted by Crippen LogP contribution is -2.41. The van der Waals surface area contributed by atoms with Gasteiger partial charge in [-0.25, -0.2) is 9.97 Å². The van der Waals surface area contributed by atoms with E-state index in [4.69, 9.17) is 4.98 Å². The highest BCUT2D eigenvalue weighted by molar-refractivity contribution is 6.05. The second-order valence-corrected chi connectivity index (χ2v) is 7.69. The maximum atomic E-state index is 12.6. The number of aromatic nitrogens is 2. The van der Waals surface area contributed by atoms with Crippen LogP contribution in [0.2, 0.25) is 0 Å². The third kappa shape index (κ3) is 2.79. The topological polar surface area (TPSA) is 70.2 Å². The number of rotatable bonds is 3. The van der Waals surface area contributed by atoms with Crippen LogP contribution in [0.1, 0.15) is 38.6 Å². The number of benzene rings is 1. The normalized spacial score (nSPS) is 21.3. The number of anilines is 4. The Bertz CT molecular complexity index is 863. The van der Waals surface area contributed by atoms with Crippen LogP contribution in [0, 0.1) is 12.8 Å². The van der Waals surface area contributed by atoms with Crippen molar-refractivity contribution < 1.29 is 4.79 Å². The molecule has 2 unspecified atom stereocenters. The van der Waals surface area contributed by atoms with Crippen LogP contribution in [0.5, 0.6) is 0 Å². The van der Waals surface area contributed by atoms with E-state index in [2.05, 4.69) is 59.5 Å². The molecule has 2 aliphatic rings. The van der Waals surface area contributed by atoms with Crippen LogP contribution >= 0.6 is 0 Å². The Morgan fingerprint density at radius 1 is 1.27 bits per heavy atom. The lowest BCUT2D eigenvalue weighted by Gasteiger charge is -2.32. The first-order valence-electron chi connectivity index (χ1n) is 9.27. The van der Waals surface area contributed by atoms with Crippen LogP contribution < -0.4 is 15.5 Å². The molecule has 2 atom stereocenters. The Labute approximate surface area is 154 Å². The zero-order chi connectivity index (χ0) is 18.4. The molecule has 2 aromatic rings. The van der Waals surface area contributed by atoms with Crippen molar-refractivity contribution in [2.24, 2.45) is 5.92 Å². The molecule has 4 rings (SSSR count). The van der Waals surface area contributed by atoms with Crippen LogP contribution in [0.15, 0.2) is 24.3 Å². The molecule has 0 radical (unpaired) electrons. The van der Waals surface area contributed by atoms with Crippen molar-refractivity contribution in [3.8, 4) is 0 Å². The highest BCUT2D eigenvalue weighted by atomic mass is 16.2. The number of amides is 1. The summed E-state index contributed by atoms with van der Waals surface area (Å²) in [5.41, 5.74) is 3.14. The van der Waals surface area contributed by atoms with Crippen molar-refractivity contribution in [2.45, 2.75) is 52.6 Å².